The highest BCUT2D eigenvalue weighted by Gasteiger charge is 2.36. The molecule has 2 rings (SSSR count). The zero-order valence-electron chi connectivity index (χ0n) is 10.2. The van der Waals surface area contributed by atoms with E-state index in [0.29, 0.717) is 11.7 Å². The van der Waals surface area contributed by atoms with Crippen molar-refractivity contribution in [2.24, 2.45) is 5.73 Å². The van der Waals surface area contributed by atoms with Crippen LogP contribution in [-0.4, -0.2) is 35.2 Å². The van der Waals surface area contributed by atoms with E-state index in [1.807, 2.05) is 13.8 Å². The molecule has 16 heavy (non-hydrogen) atoms. The van der Waals surface area contributed by atoms with Gasteiger partial charge in [0.1, 0.15) is 0 Å². The van der Waals surface area contributed by atoms with Crippen molar-refractivity contribution < 1.29 is 4.52 Å². The second-order valence-electron chi connectivity index (χ2n) is 5.11. The molecule has 1 aromatic rings. The number of likely N-dealkylation sites (tertiary alicyclic amines) is 1. The minimum atomic E-state index is -0.441. The van der Waals surface area contributed by atoms with E-state index < -0.39 is 5.54 Å². The first kappa shape index (κ1) is 11.5. The maximum absolute atomic E-state index is 6.36. The standard InChI is InChI=1S/C11H20N4O/c1-8(2)9-13-10(14-16-9)11(12)5-4-6-15(3)7-11/h8H,4-7,12H2,1-3H3. The molecular formula is C11H20N4O. The normalized spacial score (nSPS) is 27.6. The summed E-state index contributed by atoms with van der Waals surface area (Å²) in [6, 6.07) is 0. The molecule has 1 saturated heterocycles. The molecule has 0 radical (unpaired) electrons. The van der Waals surface area contributed by atoms with E-state index in [2.05, 4.69) is 22.1 Å². The molecule has 1 aromatic heterocycles. The number of nitrogens with zero attached hydrogens (tertiary/aromatic N) is 3. The van der Waals surface area contributed by atoms with Crippen LogP contribution < -0.4 is 5.73 Å². The highest BCUT2D eigenvalue weighted by Crippen LogP contribution is 2.27. The average Bonchev–Trinajstić information content (AvgIpc) is 2.66. The van der Waals surface area contributed by atoms with Crippen LogP contribution in [0.4, 0.5) is 0 Å². The third kappa shape index (κ3) is 2.10. The van der Waals surface area contributed by atoms with Gasteiger partial charge in [-0.2, -0.15) is 4.98 Å². The van der Waals surface area contributed by atoms with Crippen LogP contribution in [0.5, 0.6) is 0 Å². The van der Waals surface area contributed by atoms with Gasteiger partial charge in [-0.15, -0.1) is 0 Å². The van der Waals surface area contributed by atoms with Crippen LogP contribution >= 0.6 is 0 Å². The smallest absolute Gasteiger partial charge is 0.229 e. The van der Waals surface area contributed by atoms with Gasteiger partial charge in [-0.25, -0.2) is 0 Å². The van der Waals surface area contributed by atoms with Gasteiger partial charge in [0, 0.05) is 12.5 Å². The Kier molecular flexibility index (Phi) is 2.99. The minimum absolute atomic E-state index is 0.256. The zero-order chi connectivity index (χ0) is 11.8. The van der Waals surface area contributed by atoms with E-state index in [9.17, 15) is 0 Å². The molecule has 0 saturated carbocycles. The van der Waals surface area contributed by atoms with Crippen molar-refractivity contribution in [3.8, 4) is 0 Å². The average molecular weight is 224 g/mol. The van der Waals surface area contributed by atoms with Gasteiger partial charge in [-0.1, -0.05) is 19.0 Å². The van der Waals surface area contributed by atoms with Crippen LogP contribution in [0.15, 0.2) is 4.52 Å². The summed E-state index contributed by atoms with van der Waals surface area (Å²) in [5.41, 5.74) is 5.92. The topological polar surface area (TPSA) is 68.2 Å². The number of hydrogen-bond donors (Lipinski definition) is 1. The summed E-state index contributed by atoms with van der Waals surface area (Å²) in [4.78, 5) is 6.63. The summed E-state index contributed by atoms with van der Waals surface area (Å²) in [5, 5.41) is 4.03. The Bertz CT molecular complexity index is 363. The molecule has 0 aliphatic carbocycles. The van der Waals surface area contributed by atoms with Gasteiger partial charge >= 0.3 is 0 Å². The van der Waals surface area contributed by atoms with Gasteiger partial charge in [-0.05, 0) is 26.4 Å². The van der Waals surface area contributed by atoms with Crippen LogP contribution in [0.25, 0.3) is 0 Å². The second kappa shape index (κ2) is 4.14. The number of rotatable bonds is 2. The van der Waals surface area contributed by atoms with E-state index in [0.717, 1.165) is 25.9 Å². The third-order valence-electron chi connectivity index (χ3n) is 3.10. The summed E-state index contributed by atoms with van der Waals surface area (Å²) < 4.78 is 5.22. The molecule has 0 spiro atoms. The lowest BCUT2D eigenvalue weighted by molar-refractivity contribution is 0.169. The van der Waals surface area contributed by atoms with Crippen LogP contribution in [0, 0.1) is 0 Å². The molecule has 0 amide bonds. The molecule has 2 heterocycles. The molecule has 2 N–H and O–H groups in total. The lowest BCUT2D eigenvalue weighted by atomic mass is 9.89. The van der Waals surface area contributed by atoms with E-state index in [4.69, 9.17) is 10.3 Å². The first-order valence-electron chi connectivity index (χ1n) is 5.83. The van der Waals surface area contributed by atoms with Gasteiger partial charge in [0.25, 0.3) is 0 Å². The maximum Gasteiger partial charge on any atom is 0.229 e. The fourth-order valence-electron chi connectivity index (χ4n) is 2.16. The Morgan fingerprint density at radius 3 is 2.81 bits per heavy atom. The van der Waals surface area contributed by atoms with Crippen LogP contribution in [0.1, 0.15) is 44.3 Å². The fraction of sp³-hybridized carbons (Fsp3) is 0.818. The molecule has 5 heteroatoms. The number of hydrogen-bond acceptors (Lipinski definition) is 5. The van der Waals surface area contributed by atoms with Crippen molar-refractivity contribution in [1.29, 1.82) is 0 Å². The maximum atomic E-state index is 6.36. The van der Waals surface area contributed by atoms with E-state index in [1.54, 1.807) is 0 Å². The largest absolute Gasteiger partial charge is 0.339 e. The predicted octanol–water partition coefficient (Wildman–Crippen LogP) is 1.07. The molecule has 1 fully saturated rings. The molecule has 1 aliphatic heterocycles. The van der Waals surface area contributed by atoms with Crippen molar-refractivity contribution in [2.45, 2.75) is 38.1 Å². The Morgan fingerprint density at radius 1 is 1.50 bits per heavy atom. The highest BCUT2D eigenvalue weighted by molar-refractivity contribution is 5.07. The van der Waals surface area contributed by atoms with Crippen molar-refractivity contribution in [2.75, 3.05) is 20.1 Å². The van der Waals surface area contributed by atoms with Gasteiger partial charge < -0.3 is 15.2 Å². The van der Waals surface area contributed by atoms with E-state index in [1.165, 1.54) is 0 Å². The van der Waals surface area contributed by atoms with Crippen LogP contribution in [0.3, 0.4) is 0 Å². The Hall–Kier alpha value is -0.940. The molecule has 90 valence electrons. The fourth-order valence-corrected chi connectivity index (χ4v) is 2.16. The Labute approximate surface area is 96.0 Å². The molecular weight excluding hydrogens is 204 g/mol. The van der Waals surface area contributed by atoms with Gasteiger partial charge in [0.05, 0.1) is 5.54 Å². The van der Waals surface area contributed by atoms with E-state index >= 15 is 0 Å². The SMILES string of the molecule is CC(C)c1nc(C2(N)CCCN(C)C2)no1. The van der Waals surface area contributed by atoms with Crippen molar-refractivity contribution in [3.05, 3.63) is 11.7 Å². The first-order chi connectivity index (χ1) is 7.51. The predicted molar refractivity (Wildman–Crippen MR) is 61.0 cm³/mol. The summed E-state index contributed by atoms with van der Waals surface area (Å²) >= 11 is 0. The molecule has 5 nitrogen and oxygen atoms in total. The number of piperidine rings is 1. The Morgan fingerprint density at radius 2 is 2.25 bits per heavy atom. The quantitative estimate of drug-likeness (QED) is 0.814. The monoisotopic (exact) mass is 224 g/mol. The van der Waals surface area contributed by atoms with Gasteiger partial charge in [-0.3, -0.25) is 0 Å². The molecule has 0 bridgehead atoms. The molecule has 0 aromatic carbocycles. The Balaban J connectivity index is 2.21. The second-order valence-corrected chi connectivity index (χ2v) is 5.11. The first-order valence-corrected chi connectivity index (χ1v) is 5.83. The summed E-state index contributed by atoms with van der Waals surface area (Å²) in [7, 11) is 2.07. The number of aromatic nitrogens is 2. The summed E-state index contributed by atoms with van der Waals surface area (Å²) in [6.45, 7) is 5.96. The van der Waals surface area contributed by atoms with Crippen molar-refractivity contribution in [3.63, 3.8) is 0 Å². The minimum Gasteiger partial charge on any atom is -0.339 e. The molecule has 1 unspecified atom stereocenters. The molecule has 1 atom stereocenters. The zero-order valence-corrected chi connectivity index (χ0v) is 10.2. The third-order valence-corrected chi connectivity index (χ3v) is 3.10. The van der Waals surface area contributed by atoms with Crippen LogP contribution in [-0.2, 0) is 5.54 Å². The molecule has 1 aliphatic rings. The number of likely N-dealkylation sites (N-methyl/N-ethyl adjacent to an activating group) is 1. The number of nitrogens with two attached hydrogens (primary N) is 1. The van der Waals surface area contributed by atoms with E-state index in [-0.39, 0.29) is 5.92 Å². The highest BCUT2D eigenvalue weighted by atomic mass is 16.5. The van der Waals surface area contributed by atoms with Crippen molar-refractivity contribution in [1.82, 2.24) is 15.0 Å². The summed E-state index contributed by atoms with van der Waals surface area (Å²) in [5.74, 6) is 1.59. The lowest BCUT2D eigenvalue weighted by Crippen LogP contribution is -2.51. The van der Waals surface area contributed by atoms with Crippen molar-refractivity contribution >= 4 is 0 Å². The lowest BCUT2D eigenvalue weighted by Gasteiger charge is -2.35. The van der Waals surface area contributed by atoms with Gasteiger partial charge in [0.2, 0.25) is 5.89 Å². The summed E-state index contributed by atoms with van der Waals surface area (Å²) in [6.07, 6.45) is 2.01. The van der Waals surface area contributed by atoms with Gasteiger partial charge in [0.15, 0.2) is 5.82 Å². The van der Waals surface area contributed by atoms with Crippen LogP contribution in [0.2, 0.25) is 0 Å².